The normalized spacial score (nSPS) is 13.2. The quantitative estimate of drug-likeness (QED) is 0.785. The molecule has 4 rings (SSSR count). The third-order valence-corrected chi connectivity index (χ3v) is 4.33. The molecule has 3 aromatic rings. The lowest BCUT2D eigenvalue weighted by Crippen LogP contribution is -2.25. The molecular weight excluding hydrogens is 328 g/mol. The standard InChI is InChI=1S/C21H20N2O3/c24-21(16-7-9-19-20(14-16)26-13-3-12-25-19)22-11-10-17-8-6-15-4-1-2-5-18(15)23-17/h1-2,4-9,14H,3,10-13H2,(H,22,24). The van der Waals surface area contributed by atoms with Gasteiger partial charge in [0.05, 0.1) is 18.7 Å². The van der Waals surface area contributed by atoms with Crippen molar-refractivity contribution in [3.63, 3.8) is 0 Å². The highest BCUT2D eigenvalue weighted by molar-refractivity contribution is 5.94. The van der Waals surface area contributed by atoms with Crippen LogP contribution in [0.2, 0.25) is 0 Å². The Labute approximate surface area is 152 Å². The number of hydrogen-bond acceptors (Lipinski definition) is 4. The fraction of sp³-hybridized carbons (Fsp3) is 0.238. The summed E-state index contributed by atoms with van der Waals surface area (Å²) in [7, 11) is 0. The van der Waals surface area contributed by atoms with Gasteiger partial charge in [-0.2, -0.15) is 0 Å². The summed E-state index contributed by atoms with van der Waals surface area (Å²) in [5, 5.41) is 4.06. The van der Waals surface area contributed by atoms with Crippen molar-refractivity contribution in [3.8, 4) is 11.5 Å². The van der Waals surface area contributed by atoms with Crippen molar-refractivity contribution in [1.82, 2.24) is 10.3 Å². The van der Waals surface area contributed by atoms with E-state index in [1.165, 1.54) is 0 Å². The van der Waals surface area contributed by atoms with E-state index >= 15 is 0 Å². The van der Waals surface area contributed by atoms with Crippen LogP contribution in [0.5, 0.6) is 11.5 Å². The van der Waals surface area contributed by atoms with Gasteiger partial charge >= 0.3 is 0 Å². The number of carbonyl (C=O) groups excluding carboxylic acids is 1. The molecule has 1 amide bonds. The number of carbonyl (C=O) groups is 1. The number of ether oxygens (including phenoxy) is 2. The smallest absolute Gasteiger partial charge is 0.251 e. The van der Waals surface area contributed by atoms with Gasteiger partial charge in [0.15, 0.2) is 11.5 Å². The van der Waals surface area contributed by atoms with Gasteiger partial charge in [-0.3, -0.25) is 9.78 Å². The summed E-state index contributed by atoms with van der Waals surface area (Å²) < 4.78 is 11.2. The van der Waals surface area contributed by atoms with Crippen LogP contribution in [0.1, 0.15) is 22.5 Å². The van der Waals surface area contributed by atoms with E-state index < -0.39 is 0 Å². The van der Waals surface area contributed by atoms with Crippen LogP contribution < -0.4 is 14.8 Å². The minimum atomic E-state index is -0.124. The molecule has 5 heteroatoms. The number of rotatable bonds is 4. The third kappa shape index (κ3) is 3.61. The molecule has 0 fully saturated rings. The zero-order valence-electron chi connectivity index (χ0n) is 14.4. The summed E-state index contributed by atoms with van der Waals surface area (Å²) in [6.07, 6.45) is 1.52. The van der Waals surface area contributed by atoms with E-state index in [9.17, 15) is 4.79 Å². The molecule has 2 heterocycles. The van der Waals surface area contributed by atoms with Crippen LogP contribution in [0.4, 0.5) is 0 Å². The maximum Gasteiger partial charge on any atom is 0.251 e. The second-order valence-electron chi connectivity index (χ2n) is 6.21. The lowest BCUT2D eigenvalue weighted by Gasteiger charge is -2.10. The van der Waals surface area contributed by atoms with E-state index in [2.05, 4.69) is 16.4 Å². The highest BCUT2D eigenvalue weighted by Crippen LogP contribution is 2.30. The first-order valence-corrected chi connectivity index (χ1v) is 8.82. The van der Waals surface area contributed by atoms with Crippen LogP contribution in [0.15, 0.2) is 54.6 Å². The van der Waals surface area contributed by atoms with E-state index in [0.717, 1.165) is 23.0 Å². The Balaban J connectivity index is 1.38. The van der Waals surface area contributed by atoms with Crippen LogP contribution in [0.3, 0.4) is 0 Å². The van der Waals surface area contributed by atoms with Crippen LogP contribution in [0.25, 0.3) is 10.9 Å². The lowest BCUT2D eigenvalue weighted by molar-refractivity contribution is 0.0953. The highest BCUT2D eigenvalue weighted by Gasteiger charge is 2.14. The molecule has 0 radical (unpaired) electrons. The monoisotopic (exact) mass is 348 g/mol. The maximum atomic E-state index is 12.4. The Morgan fingerprint density at radius 2 is 1.85 bits per heavy atom. The fourth-order valence-corrected chi connectivity index (χ4v) is 2.96. The SMILES string of the molecule is O=C(NCCc1ccc2ccccc2n1)c1ccc2c(c1)OCCCO2. The second-order valence-corrected chi connectivity index (χ2v) is 6.21. The molecule has 0 spiro atoms. The molecule has 0 unspecified atom stereocenters. The minimum absolute atomic E-state index is 0.124. The first kappa shape index (κ1) is 16.4. The second kappa shape index (κ2) is 7.44. The number of hydrogen-bond donors (Lipinski definition) is 1. The Hall–Kier alpha value is -3.08. The Morgan fingerprint density at radius 3 is 2.77 bits per heavy atom. The minimum Gasteiger partial charge on any atom is -0.490 e. The Morgan fingerprint density at radius 1 is 1.00 bits per heavy atom. The molecule has 1 aliphatic heterocycles. The van der Waals surface area contributed by atoms with Gasteiger partial charge in [-0.15, -0.1) is 0 Å². The first-order chi connectivity index (χ1) is 12.8. The number of pyridine rings is 1. The van der Waals surface area contributed by atoms with Gasteiger partial charge < -0.3 is 14.8 Å². The molecule has 1 aliphatic rings. The summed E-state index contributed by atoms with van der Waals surface area (Å²) in [6.45, 7) is 1.77. The van der Waals surface area contributed by atoms with E-state index in [1.807, 2.05) is 30.3 Å². The van der Waals surface area contributed by atoms with Crippen LogP contribution >= 0.6 is 0 Å². The van der Waals surface area contributed by atoms with Gasteiger partial charge in [-0.25, -0.2) is 0 Å². The number of nitrogens with one attached hydrogen (secondary N) is 1. The number of para-hydroxylation sites is 1. The molecule has 0 saturated heterocycles. The van der Waals surface area contributed by atoms with Crippen molar-refractivity contribution in [2.24, 2.45) is 0 Å². The number of fused-ring (bicyclic) bond motifs is 2. The number of aromatic nitrogens is 1. The van der Waals surface area contributed by atoms with Crippen LogP contribution in [0, 0.1) is 0 Å². The number of amides is 1. The van der Waals surface area contributed by atoms with Crippen molar-refractivity contribution < 1.29 is 14.3 Å². The van der Waals surface area contributed by atoms with Gasteiger partial charge in [0, 0.05) is 36.0 Å². The van der Waals surface area contributed by atoms with Crippen molar-refractivity contribution >= 4 is 16.8 Å². The Bertz CT molecular complexity index is 939. The van der Waals surface area contributed by atoms with Crippen molar-refractivity contribution in [3.05, 3.63) is 65.9 Å². The topological polar surface area (TPSA) is 60.5 Å². The van der Waals surface area contributed by atoms with Crippen molar-refractivity contribution in [2.75, 3.05) is 19.8 Å². The molecule has 1 aromatic heterocycles. The van der Waals surface area contributed by atoms with Gasteiger partial charge in [-0.05, 0) is 30.3 Å². The summed E-state index contributed by atoms with van der Waals surface area (Å²) in [4.78, 5) is 17.0. The first-order valence-electron chi connectivity index (χ1n) is 8.82. The van der Waals surface area contributed by atoms with Crippen molar-refractivity contribution in [2.45, 2.75) is 12.8 Å². The Kier molecular flexibility index (Phi) is 4.69. The van der Waals surface area contributed by atoms with Gasteiger partial charge in [0.25, 0.3) is 5.91 Å². The van der Waals surface area contributed by atoms with Crippen molar-refractivity contribution in [1.29, 1.82) is 0 Å². The average molecular weight is 348 g/mol. The maximum absolute atomic E-state index is 12.4. The molecular formula is C21H20N2O3. The zero-order chi connectivity index (χ0) is 17.8. The molecule has 0 atom stereocenters. The summed E-state index contributed by atoms with van der Waals surface area (Å²) in [6, 6.07) is 17.4. The van der Waals surface area contributed by atoms with E-state index in [1.54, 1.807) is 18.2 Å². The summed E-state index contributed by atoms with van der Waals surface area (Å²) in [5.41, 5.74) is 2.50. The molecule has 0 bridgehead atoms. The number of nitrogens with zero attached hydrogens (tertiary/aromatic N) is 1. The molecule has 0 aliphatic carbocycles. The summed E-state index contributed by atoms with van der Waals surface area (Å²) in [5.74, 6) is 1.20. The molecule has 0 saturated carbocycles. The van der Waals surface area contributed by atoms with Crippen LogP contribution in [-0.4, -0.2) is 30.6 Å². The van der Waals surface area contributed by atoms with E-state index in [-0.39, 0.29) is 5.91 Å². The predicted octanol–water partition coefficient (Wildman–Crippen LogP) is 3.37. The summed E-state index contributed by atoms with van der Waals surface area (Å²) >= 11 is 0. The molecule has 132 valence electrons. The highest BCUT2D eigenvalue weighted by atomic mass is 16.5. The van der Waals surface area contributed by atoms with E-state index in [0.29, 0.717) is 43.2 Å². The van der Waals surface area contributed by atoms with Crippen LogP contribution in [-0.2, 0) is 6.42 Å². The average Bonchev–Trinajstić information content (AvgIpc) is 2.92. The van der Waals surface area contributed by atoms with Gasteiger partial charge in [0.2, 0.25) is 0 Å². The third-order valence-electron chi connectivity index (χ3n) is 4.33. The zero-order valence-corrected chi connectivity index (χ0v) is 14.4. The fourth-order valence-electron chi connectivity index (χ4n) is 2.96. The number of benzene rings is 2. The molecule has 5 nitrogen and oxygen atoms in total. The molecule has 26 heavy (non-hydrogen) atoms. The largest absolute Gasteiger partial charge is 0.490 e. The predicted molar refractivity (Wildman–Crippen MR) is 99.8 cm³/mol. The molecule has 1 N–H and O–H groups in total. The lowest BCUT2D eigenvalue weighted by atomic mass is 10.1. The van der Waals surface area contributed by atoms with Gasteiger partial charge in [0.1, 0.15) is 0 Å². The van der Waals surface area contributed by atoms with E-state index in [4.69, 9.17) is 9.47 Å². The molecule has 2 aromatic carbocycles. The van der Waals surface area contributed by atoms with Gasteiger partial charge in [-0.1, -0.05) is 24.3 Å².